The molecule has 0 aliphatic heterocycles. The standard InChI is InChI=1S/C14H16BrN3S/c1-9-5-11(14(16)17)3-4-12(9)18(2)7-10-6-13(15)19-8-10/h3-6,8H,7H2,1-2H3,(H3,16,17). The van der Waals surface area contributed by atoms with Crippen LogP contribution in [0.2, 0.25) is 0 Å². The van der Waals surface area contributed by atoms with E-state index in [1.807, 2.05) is 25.1 Å². The Morgan fingerprint density at radius 1 is 1.42 bits per heavy atom. The van der Waals surface area contributed by atoms with Crippen molar-refractivity contribution >= 4 is 38.8 Å². The molecule has 0 spiro atoms. The summed E-state index contributed by atoms with van der Waals surface area (Å²) in [5.41, 5.74) is 9.85. The van der Waals surface area contributed by atoms with Crippen LogP contribution in [0.3, 0.4) is 0 Å². The molecule has 100 valence electrons. The number of aryl methyl sites for hydroxylation is 1. The third-order valence-electron chi connectivity index (χ3n) is 2.96. The van der Waals surface area contributed by atoms with Gasteiger partial charge in [0.1, 0.15) is 5.84 Å². The van der Waals surface area contributed by atoms with Crippen LogP contribution in [0.15, 0.2) is 33.4 Å². The van der Waals surface area contributed by atoms with Gasteiger partial charge in [-0.15, -0.1) is 11.3 Å². The number of nitrogens with one attached hydrogen (secondary N) is 1. The van der Waals surface area contributed by atoms with Gasteiger partial charge in [0.15, 0.2) is 0 Å². The van der Waals surface area contributed by atoms with Gasteiger partial charge in [0.25, 0.3) is 0 Å². The number of hydrogen-bond donors (Lipinski definition) is 2. The van der Waals surface area contributed by atoms with Gasteiger partial charge in [-0.2, -0.15) is 0 Å². The molecule has 0 fully saturated rings. The maximum absolute atomic E-state index is 7.45. The van der Waals surface area contributed by atoms with Crippen LogP contribution in [-0.4, -0.2) is 12.9 Å². The molecule has 0 saturated heterocycles. The Morgan fingerprint density at radius 2 is 2.16 bits per heavy atom. The molecule has 0 saturated carbocycles. The van der Waals surface area contributed by atoms with Crippen LogP contribution in [0.5, 0.6) is 0 Å². The molecule has 2 aromatic rings. The summed E-state index contributed by atoms with van der Waals surface area (Å²) in [6.45, 7) is 2.91. The predicted octanol–water partition coefficient (Wildman–Crippen LogP) is 3.74. The van der Waals surface area contributed by atoms with Crippen LogP contribution < -0.4 is 10.6 Å². The van der Waals surface area contributed by atoms with Gasteiger partial charge in [-0.05, 0) is 63.6 Å². The smallest absolute Gasteiger partial charge is 0.122 e. The van der Waals surface area contributed by atoms with Crippen LogP contribution in [-0.2, 0) is 6.54 Å². The molecule has 0 aliphatic rings. The molecule has 19 heavy (non-hydrogen) atoms. The Bertz CT molecular complexity index is 606. The summed E-state index contributed by atoms with van der Waals surface area (Å²) in [5, 5.41) is 9.60. The van der Waals surface area contributed by atoms with Gasteiger partial charge in [-0.1, -0.05) is 0 Å². The number of anilines is 1. The van der Waals surface area contributed by atoms with E-state index in [1.165, 1.54) is 5.56 Å². The maximum atomic E-state index is 7.45. The van der Waals surface area contributed by atoms with Crippen LogP contribution in [0.25, 0.3) is 0 Å². The number of benzene rings is 1. The highest BCUT2D eigenvalue weighted by Gasteiger charge is 2.08. The maximum Gasteiger partial charge on any atom is 0.122 e. The fourth-order valence-corrected chi connectivity index (χ4v) is 3.24. The highest BCUT2D eigenvalue weighted by Crippen LogP contribution is 2.25. The van der Waals surface area contributed by atoms with Crippen molar-refractivity contribution in [1.29, 1.82) is 5.41 Å². The van der Waals surface area contributed by atoms with E-state index < -0.39 is 0 Å². The first-order chi connectivity index (χ1) is 8.97. The number of nitrogens with two attached hydrogens (primary N) is 1. The van der Waals surface area contributed by atoms with Crippen molar-refractivity contribution in [2.75, 3.05) is 11.9 Å². The molecule has 1 heterocycles. The Balaban J connectivity index is 2.19. The molecule has 0 amide bonds. The average Bonchev–Trinajstić information content (AvgIpc) is 2.74. The highest BCUT2D eigenvalue weighted by atomic mass is 79.9. The van der Waals surface area contributed by atoms with E-state index in [0.29, 0.717) is 0 Å². The molecular weight excluding hydrogens is 322 g/mol. The minimum absolute atomic E-state index is 0.110. The lowest BCUT2D eigenvalue weighted by atomic mass is 10.1. The summed E-state index contributed by atoms with van der Waals surface area (Å²) >= 11 is 5.18. The van der Waals surface area contributed by atoms with E-state index in [2.05, 4.69) is 39.3 Å². The second kappa shape index (κ2) is 5.75. The minimum atomic E-state index is 0.110. The third kappa shape index (κ3) is 3.36. The zero-order valence-electron chi connectivity index (χ0n) is 10.9. The van der Waals surface area contributed by atoms with Crippen molar-refractivity contribution in [3.8, 4) is 0 Å². The number of thiophene rings is 1. The fraction of sp³-hybridized carbons (Fsp3) is 0.214. The molecule has 1 aromatic heterocycles. The first-order valence-corrected chi connectivity index (χ1v) is 7.53. The van der Waals surface area contributed by atoms with E-state index in [9.17, 15) is 0 Å². The molecule has 3 nitrogen and oxygen atoms in total. The minimum Gasteiger partial charge on any atom is -0.384 e. The summed E-state index contributed by atoms with van der Waals surface area (Å²) in [4.78, 5) is 2.20. The summed E-state index contributed by atoms with van der Waals surface area (Å²) in [6, 6.07) is 8.01. The molecule has 1 aromatic carbocycles. The Kier molecular flexibility index (Phi) is 4.27. The molecule has 0 unspecified atom stereocenters. The lowest BCUT2D eigenvalue weighted by Crippen LogP contribution is -2.18. The largest absolute Gasteiger partial charge is 0.384 e. The SMILES string of the molecule is Cc1cc(C(=N)N)ccc1N(C)Cc1csc(Br)c1. The van der Waals surface area contributed by atoms with Gasteiger partial charge in [-0.25, -0.2) is 0 Å². The van der Waals surface area contributed by atoms with Crippen LogP contribution in [0.4, 0.5) is 5.69 Å². The normalized spacial score (nSPS) is 10.5. The summed E-state index contributed by atoms with van der Waals surface area (Å²) in [5.74, 6) is 0.110. The molecule has 0 bridgehead atoms. The van der Waals surface area contributed by atoms with E-state index in [0.717, 1.165) is 27.1 Å². The van der Waals surface area contributed by atoms with Gasteiger partial charge < -0.3 is 10.6 Å². The first kappa shape index (κ1) is 14.1. The van der Waals surface area contributed by atoms with Crippen molar-refractivity contribution < 1.29 is 0 Å². The number of hydrogen-bond acceptors (Lipinski definition) is 3. The van der Waals surface area contributed by atoms with E-state index >= 15 is 0 Å². The molecular formula is C14H16BrN3S. The zero-order valence-corrected chi connectivity index (χ0v) is 13.3. The van der Waals surface area contributed by atoms with Crippen LogP contribution in [0, 0.1) is 12.3 Å². The highest BCUT2D eigenvalue weighted by molar-refractivity contribution is 9.11. The van der Waals surface area contributed by atoms with Gasteiger partial charge in [0, 0.05) is 24.8 Å². The third-order valence-corrected chi connectivity index (χ3v) is 4.51. The first-order valence-electron chi connectivity index (χ1n) is 5.86. The molecule has 5 heteroatoms. The molecule has 0 radical (unpaired) electrons. The van der Waals surface area contributed by atoms with Crippen LogP contribution in [0.1, 0.15) is 16.7 Å². The topological polar surface area (TPSA) is 53.1 Å². The average molecular weight is 338 g/mol. The van der Waals surface area contributed by atoms with E-state index in [4.69, 9.17) is 11.1 Å². The Hall–Kier alpha value is -1.33. The number of nitrogen functional groups attached to an aromatic ring is 1. The number of rotatable bonds is 4. The van der Waals surface area contributed by atoms with Crippen molar-refractivity contribution in [2.45, 2.75) is 13.5 Å². The van der Waals surface area contributed by atoms with Gasteiger partial charge in [-0.3, -0.25) is 5.41 Å². The Labute approximate surface area is 125 Å². The summed E-state index contributed by atoms with van der Waals surface area (Å²) in [7, 11) is 2.07. The van der Waals surface area contributed by atoms with Gasteiger partial charge in [0.2, 0.25) is 0 Å². The number of amidine groups is 1. The quantitative estimate of drug-likeness (QED) is 0.659. The van der Waals surface area contributed by atoms with Crippen molar-refractivity contribution in [3.63, 3.8) is 0 Å². The molecule has 3 N–H and O–H groups in total. The van der Waals surface area contributed by atoms with Crippen molar-refractivity contribution in [1.82, 2.24) is 0 Å². The van der Waals surface area contributed by atoms with E-state index in [1.54, 1.807) is 11.3 Å². The van der Waals surface area contributed by atoms with Crippen molar-refractivity contribution in [2.24, 2.45) is 5.73 Å². The number of nitrogens with zero attached hydrogens (tertiary/aromatic N) is 1. The fourth-order valence-electron chi connectivity index (χ4n) is 2.04. The predicted molar refractivity (Wildman–Crippen MR) is 86.3 cm³/mol. The molecule has 0 aliphatic carbocycles. The van der Waals surface area contributed by atoms with E-state index in [-0.39, 0.29) is 5.84 Å². The van der Waals surface area contributed by atoms with Crippen molar-refractivity contribution in [3.05, 3.63) is 50.1 Å². The second-order valence-electron chi connectivity index (χ2n) is 4.53. The van der Waals surface area contributed by atoms with Gasteiger partial charge in [0.05, 0.1) is 3.79 Å². The number of halogens is 1. The summed E-state index contributed by atoms with van der Waals surface area (Å²) in [6.07, 6.45) is 0. The van der Waals surface area contributed by atoms with Gasteiger partial charge >= 0.3 is 0 Å². The lowest BCUT2D eigenvalue weighted by molar-refractivity contribution is 0.921. The monoisotopic (exact) mass is 337 g/mol. The van der Waals surface area contributed by atoms with Crippen LogP contribution >= 0.6 is 27.3 Å². The summed E-state index contributed by atoms with van der Waals surface area (Å²) < 4.78 is 1.15. The molecule has 2 rings (SSSR count). The molecule has 0 atom stereocenters. The zero-order chi connectivity index (χ0) is 14.0. The second-order valence-corrected chi connectivity index (χ2v) is 6.82. The Morgan fingerprint density at radius 3 is 2.68 bits per heavy atom. The lowest BCUT2D eigenvalue weighted by Gasteiger charge is -2.21.